The number of likely N-dealkylation sites (tertiary alicyclic amines) is 1. The number of nitrogens with two attached hydrogens (primary N) is 2. The molecule has 0 bridgehead atoms. The summed E-state index contributed by atoms with van der Waals surface area (Å²) in [7, 11) is 0. The van der Waals surface area contributed by atoms with E-state index < -0.39 is 53.8 Å². The molecule has 0 saturated carbocycles. The number of carbonyl (C=O) groups excluding carboxylic acids is 4. The lowest BCUT2D eigenvalue weighted by Gasteiger charge is -2.28. The van der Waals surface area contributed by atoms with Gasteiger partial charge >= 0.3 is 5.97 Å². The van der Waals surface area contributed by atoms with Gasteiger partial charge in [0.25, 0.3) is 0 Å². The SMILES string of the molecule is CSCCC(N)C(=O)NC(CCC(N)=O)C(=O)NC(CS)C(=O)N1CCCC1C(=O)O. The molecule has 176 valence electrons. The Kier molecular flexibility index (Phi) is 11.7. The van der Waals surface area contributed by atoms with E-state index in [1.54, 1.807) is 0 Å². The van der Waals surface area contributed by atoms with Gasteiger partial charge in [0.1, 0.15) is 18.1 Å². The molecule has 1 saturated heterocycles. The third-order valence-corrected chi connectivity index (χ3v) is 5.91. The van der Waals surface area contributed by atoms with Crippen molar-refractivity contribution in [3.63, 3.8) is 0 Å². The Labute approximate surface area is 190 Å². The molecular formula is C18H31N5O6S2. The number of thioether (sulfide) groups is 1. The Balaban J connectivity index is 2.86. The summed E-state index contributed by atoms with van der Waals surface area (Å²) < 4.78 is 0. The van der Waals surface area contributed by atoms with Gasteiger partial charge in [0.05, 0.1) is 6.04 Å². The van der Waals surface area contributed by atoms with E-state index in [9.17, 15) is 29.1 Å². The molecule has 11 nitrogen and oxygen atoms in total. The van der Waals surface area contributed by atoms with Crippen LogP contribution in [0.15, 0.2) is 0 Å². The molecule has 0 aromatic rings. The molecule has 1 heterocycles. The fourth-order valence-corrected chi connectivity index (χ4v) is 3.89. The zero-order valence-corrected chi connectivity index (χ0v) is 19.1. The van der Waals surface area contributed by atoms with E-state index in [0.29, 0.717) is 25.0 Å². The summed E-state index contributed by atoms with van der Waals surface area (Å²) in [6.07, 6.45) is 2.92. The number of primary amides is 1. The summed E-state index contributed by atoms with van der Waals surface area (Å²) in [6.45, 7) is 0.266. The molecule has 1 aliphatic heterocycles. The van der Waals surface area contributed by atoms with Crippen LogP contribution in [0.1, 0.15) is 32.1 Å². The first-order valence-electron chi connectivity index (χ1n) is 9.90. The number of thiol groups is 1. The van der Waals surface area contributed by atoms with Gasteiger partial charge < -0.3 is 32.1 Å². The summed E-state index contributed by atoms with van der Waals surface area (Å²) in [5.41, 5.74) is 11.0. The van der Waals surface area contributed by atoms with Crippen LogP contribution in [0.25, 0.3) is 0 Å². The predicted octanol–water partition coefficient (Wildman–Crippen LogP) is -1.69. The molecule has 4 amide bonds. The van der Waals surface area contributed by atoms with Crippen LogP contribution in [-0.4, -0.2) is 88.1 Å². The molecule has 0 aromatic heterocycles. The quantitative estimate of drug-likeness (QED) is 0.170. The minimum atomic E-state index is -1.13. The number of carboxylic acid groups (broad SMARTS) is 1. The van der Waals surface area contributed by atoms with Crippen molar-refractivity contribution in [2.45, 2.75) is 56.3 Å². The summed E-state index contributed by atoms with van der Waals surface area (Å²) in [5.74, 6) is -3.00. The zero-order valence-electron chi connectivity index (χ0n) is 17.4. The van der Waals surface area contributed by atoms with Crippen molar-refractivity contribution >= 4 is 54.0 Å². The summed E-state index contributed by atoms with van der Waals surface area (Å²) in [6, 6.07) is -4.01. The van der Waals surface area contributed by atoms with E-state index in [4.69, 9.17) is 11.5 Å². The van der Waals surface area contributed by atoms with Crippen LogP contribution in [0.3, 0.4) is 0 Å². The van der Waals surface area contributed by atoms with Gasteiger partial charge in [-0.05, 0) is 37.7 Å². The molecule has 1 aliphatic rings. The normalized spacial score (nSPS) is 18.7. The number of carboxylic acids is 1. The van der Waals surface area contributed by atoms with E-state index in [1.165, 1.54) is 16.7 Å². The number of amides is 4. The van der Waals surface area contributed by atoms with Crippen molar-refractivity contribution < 1.29 is 29.1 Å². The standard InChI is InChI=1S/C18H31N5O6S2/c1-31-8-6-10(19)15(25)21-11(4-5-14(20)24)16(26)22-12(9-30)17(27)23-7-2-3-13(23)18(28)29/h10-13,30H,2-9,19H2,1H3,(H2,20,24)(H,21,25)(H,22,26)(H,28,29). The lowest BCUT2D eigenvalue weighted by molar-refractivity contribution is -0.149. The molecule has 7 N–H and O–H groups in total. The smallest absolute Gasteiger partial charge is 0.326 e. The molecule has 4 atom stereocenters. The van der Waals surface area contributed by atoms with Gasteiger partial charge in [0.2, 0.25) is 23.6 Å². The van der Waals surface area contributed by atoms with Gasteiger partial charge in [-0.1, -0.05) is 0 Å². The van der Waals surface area contributed by atoms with Gasteiger partial charge in [0.15, 0.2) is 0 Å². The third kappa shape index (κ3) is 8.57. The molecule has 31 heavy (non-hydrogen) atoms. The lowest BCUT2D eigenvalue weighted by Crippen LogP contribution is -2.57. The first-order valence-corrected chi connectivity index (χ1v) is 11.9. The van der Waals surface area contributed by atoms with Crippen molar-refractivity contribution in [2.75, 3.05) is 24.3 Å². The highest BCUT2D eigenvalue weighted by Crippen LogP contribution is 2.19. The molecule has 0 aliphatic carbocycles. The van der Waals surface area contributed by atoms with Crippen molar-refractivity contribution in [1.82, 2.24) is 15.5 Å². The van der Waals surface area contributed by atoms with Crippen molar-refractivity contribution in [3.8, 4) is 0 Å². The number of nitrogens with zero attached hydrogens (tertiary/aromatic N) is 1. The fraction of sp³-hybridized carbons (Fsp3) is 0.722. The van der Waals surface area contributed by atoms with Gasteiger partial charge in [-0.25, -0.2) is 4.79 Å². The molecule has 0 radical (unpaired) electrons. The number of hydrogen-bond donors (Lipinski definition) is 6. The van der Waals surface area contributed by atoms with E-state index in [2.05, 4.69) is 23.3 Å². The maximum Gasteiger partial charge on any atom is 0.326 e. The second-order valence-corrected chi connectivity index (χ2v) is 8.58. The maximum atomic E-state index is 12.8. The molecule has 4 unspecified atom stereocenters. The Hall–Kier alpha value is -1.99. The topological polar surface area (TPSA) is 185 Å². The van der Waals surface area contributed by atoms with Crippen molar-refractivity contribution in [1.29, 1.82) is 0 Å². The van der Waals surface area contributed by atoms with Crippen LogP contribution in [0, 0.1) is 0 Å². The van der Waals surface area contributed by atoms with Crippen LogP contribution in [0.4, 0.5) is 0 Å². The van der Waals surface area contributed by atoms with E-state index in [-0.39, 0.29) is 25.1 Å². The molecule has 0 aromatic carbocycles. The Morgan fingerprint density at radius 2 is 1.81 bits per heavy atom. The van der Waals surface area contributed by atoms with Crippen molar-refractivity contribution in [2.24, 2.45) is 11.5 Å². The van der Waals surface area contributed by atoms with Gasteiger partial charge in [-0.2, -0.15) is 24.4 Å². The molecule has 1 fully saturated rings. The second kappa shape index (κ2) is 13.4. The van der Waals surface area contributed by atoms with Crippen LogP contribution >= 0.6 is 24.4 Å². The van der Waals surface area contributed by atoms with Gasteiger partial charge in [0, 0.05) is 18.7 Å². The predicted molar refractivity (Wildman–Crippen MR) is 119 cm³/mol. The minimum Gasteiger partial charge on any atom is -0.480 e. The summed E-state index contributed by atoms with van der Waals surface area (Å²) in [4.78, 5) is 61.6. The minimum absolute atomic E-state index is 0.0723. The largest absolute Gasteiger partial charge is 0.480 e. The summed E-state index contributed by atoms with van der Waals surface area (Å²) >= 11 is 5.63. The first kappa shape index (κ1) is 27.0. The van der Waals surface area contributed by atoms with Crippen LogP contribution in [0.2, 0.25) is 0 Å². The Bertz CT molecular complexity index is 680. The van der Waals surface area contributed by atoms with E-state index in [1.807, 2.05) is 6.26 Å². The molecule has 1 rings (SSSR count). The van der Waals surface area contributed by atoms with E-state index >= 15 is 0 Å². The Morgan fingerprint density at radius 3 is 2.35 bits per heavy atom. The van der Waals surface area contributed by atoms with Crippen LogP contribution in [-0.2, 0) is 24.0 Å². The number of aliphatic carboxylic acids is 1. The van der Waals surface area contributed by atoms with Gasteiger partial charge in [-0.3, -0.25) is 19.2 Å². The second-order valence-electron chi connectivity index (χ2n) is 7.23. The van der Waals surface area contributed by atoms with Crippen LogP contribution < -0.4 is 22.1 Å². The highest BCUT2D eigenvalue weighted by atomic mass is 32.2. The molecule has 0 spiro atoms. The number of hydrogen-bond acceptors (Lipinski definition) is 8. The third-order valence-electron chi connectivity index (χ3n) is 4.90. The average Bonchev–Trinajstić information content (AvgIpc) is 3.22. The average molecular weight is 478 g/mol. The highest BCUT2D eigenvalue weighted by Gasteiger charge is 2.38. The van der Waals surface area contributed by atoms with Crippen molar-refractivity contribution in [3.05, 3.63) is 0 Å². The fourth-order valence-electron chi connectivity index (χ4n) is 3.16. The number of nitrogens with one attached hydrogen (secondary N) is 2. The first-order chi connectivity index (χ1) is 14.6. The highest BCUT2D eigenvalue weighted by molar-refractivity contribution is 7.98. The number of carbonyl (C=O) groups is 5. The summed E-state index contributed by atoms with van der Waals surface area (Å²) in [5, 5.41) is 14.3. The number of rotatable bonds is 13. The molecule has 13 heteroatoms. The maximum absolute atomic E-state index is 12.8. The lowest BCUT2D eigenvalue weighted by atomic mass is 10.1. The van der Waals surface area contributed by atoms with E-state index in [0.717, 1.165) is 0 Å². The molecular weight excluding hydrogens is 446 g/mol. The monoisotopic (exact) mass is 477 g/mol. The Morgan fingerprint density at radius 1 is 1.16 bits per heavy atom. The van der Waals surface area contributed by atoms with Gasteiger partial charge in [-0.15, -0.1) is 0 Å². The van der Waals surface area contributed by atoms with Crippen LogP contribution in [0.5, 0.6) is 0 Å². The zero-order chi connectivity index (χ0) is 23.6.